The Bertz CT molecular complexity index is 380. The van der Waals surface area contributed by atoms with E-state index >= 15 is 0 Å². The van der Waals surface area contributed by atoms with E-state index in [2.05, 4.69) is 27.9 Å². The van der Waals surface area contributed by atoms with Gasteiger partial charge in [0.1, 0.15) is 12.4 Å². The molecule has 0 fully saturated rings. The largest absolute Gasteiger partial charge is 0.488 e. The highest BCUT2D eigenvalue weighted by Gasteiger charge is 2.07. The zero-order chi connectivity index (χ0) is 11.3. The number of hydrazine groups is 1. The van der Waals surface area contributed by atoms with E-state index in [4.69, 9.17) is 10.6 Å². The molecule has 1 aromatic carbocycles. The Hall–Kier alpha value is -1.33. The third-order valence-electron chi connectivity index (χ3n) is 1.68. The van der Waals surface area contributed by atoms with Gasteiger partial charge in [-0.3, -0.25) is 10.2 Å². The van der Waals surface area contributed by atoms with Gasteiger partial charge in [0.2, 0.25) is 0 Å². The van der Waals surface area contributed by atoms with Crippen molar-refractivity contribution in [3.8, 4) is 5.75 Å². The van der Waals surface area contributed by atoms with E-state index in [1.807, 2.05) is 0 Å². The van der Waals surface area contributed by atoms with Crippen molar-refractivity contribution in [2.45, 2.75) is 0 Å². The summed E-state index contributed by atoms with van der Waals surface area (Å²) in [6.07, 6.45) is 1.65. The molecule has 0 unspecified atom stereocenters. The standard InChI is InChI=1S/C10H11BrN2O2/c1-2-5-15-9-4-3-7(6-8(9)11)10(14)13-12/h2-4,6H,1,5,12H2,(H,13,14). The monoisotopic (exact) mass is 270 g/mol. The summed E-state index contributed by atoms with van der Waals surface area (Å²) in [7, 11) is 0. The van der Waals surface area contributed by atoms with Crippen molar-refractivity contribution >= 4 is 21.8 Å². The number of halogens is 1. The molecule has 1 aromatic rings. The van der Waals surface area contributed by atoms with Crippen LogP contribution in [0.3, 0.4) is 0 Å². The molecular formula is C10H11BrN2O2. The molecule has 5 heteroatoms. The minimum absolute atomic E-state index is 0.342. The van der Waals surface area contributed by atoms with E-state index in [0.29, 0.717) is 22.4 Å². The second-order valence-corrected chi connectivity index (χ2v) is 3.57. The van der Waals surface area contributed by atoms with Crippen LogP contribution in [0, 0.1) is 0 Å². The minimum atomic E-state index is -0.342. The SMILES string of the molecule is C=CCOc1ccc(C(=O)NN)cc1Br. The van der Waals surface area contributed by atoms with Gasteiger partial charge in [0.25, 0.3) is 5.91 Å². The molecule has 1 amide bonds. The molecule has 1 rings (SSSR count). The number of carbonyl (C=O) groups is 1. The van der Waals surface area contributed by atoms with Crippen molar-refractivity contribution in [3.63, 3.8) is 0 Å². The molecule has 0 saturated carbocycles. The predicted molar refractivity (Wildman–Crippen MR) is 61.5 cm³/mol. The Balaban J connectivity index is 2.87. The lowest BCUT2D eigenvalue weighted by Crippen LogP contribution is -2.29. The number of carbonyl (C=O) groups excluding carboxylic acids is 1. The molecule has 0 radical (unpaired) electrons. The predicted octanol–water partition coefficient (Wildman–Crippen LogP) is 1.62. The van der Waals surface area contributed by atoms with E-state index in [0.717, 1.165) is 0 Å². The second kappa shape index (κ2) is 5.53. The van der Waals surface area contributed by atoms with E-state index in [-0.39, 0.29) is 5.91 Å². The van der Waals surface area contributed by atoms with Gasteiger partial charge >= 0.3 is 0 Å². The van der Waals surface area contributed by atoms with Crippen LogP contribution in [0.2, 0.25) is 0 Å². The van der Waals surface area contributed by atoms with Gasteiger partial charge in [-0.25, -0.2) is 5.84 Å². The fourth-order valence-corrected chi connectivity index (χ4v) is 1.48. The number of benzene rings is 1. The maximum atomic E-state index is 11.2. The van der Waals surface area contributed by atoms with Crippen LogP contribution in [0.5, 0.6) is 5.75 Å². The summed E-state index contributed by atoms with van der Waals surface area (Å²) in [6, 6.07) is 4.96. The molecule has 0 aromatic heterocycles. The van der Waals surface area contributed by atoms with Crippen LogP contribution < -0.4 is 16.0 Å². The van der Waals surface area contributed by atoms with Crippen molar-refractivity contribution in [2.75, 3.05) is 6.61 Å². The number of amides is 1. The van der Waals surface area contributed by atoms with Crippen molar-refractivity contribution in [1.29, 1.82) is 0 Å². The van der Waals surface area contributed by atoms with Gasteiger partial charge in [0.15, 0.2) is 0 Å². The van der Waals surface area contributed by atoms with Crippen LogP contribution in [0.15, 0.2) is 35.3 Å². The normalized spacial score (nSPS) is 9.47. The zero-order valence-electron chi connectivity index (χ0n) is 8.00. The Morgan fingerprint density at radius 1 is 1.67 bits per heavy atom. The highest BCUT2D eigenvalue weighted by molar-refractivity contribution is 9.10. The first-order valence-corrected chi connectivity index (χ1v) is 5.02. The molecule has 0 aliphatic carbocycles. The highest BCUT2D eigenvalue weighted by Crippen LogP contribution is 2.25. The average molecular weight is 271 g/mol. The number of nitrogens with two attached hydrogens (primary N) is 1. The Kier molecular flexibility index (Phi) is 4.33. The van der Waals surface area contributed by atoms with E-state index in [1.165, 1.54) is 0 Å². The first kappa shape index (κ1) is 11.7. The molecule has 4 nitrogen and oxygen atoms in total. The smallest absolute Gasteiger partial charge is 0.265 e. The number of nitrogen functional groups attached to an aromatic ring is 1. The van der Waals surface area contributed by atoms with Gasteiger partial charge in [-0.1, -0.05) is 12.7 Å². The van der Waals surface area contributed by atoms with Crippen molar-refractivity contribution in [3.05, 3.63) is 40.9 Å². The summed E-state index contributed by atoms with van der Waals surface area (Å²) >= 11 is 3.29. The number of nitrogens with one attached hydrogen (secondary N) is 1. The molecule has 0 bridgehead atoms. The maximum absolute atomic E-state index is 11.2. The quantitative estimate of drug-likeness (QED) is 0.378. The first-order valence-electron chi connectivity index (χ1n) is 4.23. The van der Waals surface area contributed by atoms with Crippen molar-refractivity contribution in [1.82, 2.24) is 5.43 Å². The topological polar surface area (TPSA) is 64.3 Å². The molecule has 0 spiro atoms. The van der Waals surface area contributed by atoms with Crippen LogP contribution in [0.1, 0.15) is 10.4 Å². The third-order valence-corrected chi connectivity index (χ3v) is 2.30. The molecule has 0 saturated heterocycles. The maximum Gasteiger partial charge on any atom is 0.265 e. The molecule has 80 valence electrons. The highest BCUT2D eigenvalue weighted by atomic mass is 79.9. The van der Waals surface area contributed by atoms with E-state index in [9.17, 15) is 4.79 Å². The summed E-state index contributed by atoms with van der Waals surface area (Å²) < 4.78 is 6.03. The fraction of sp³-hybridized carbons (Fsp3) is 0.100. The number of hydrogen-bond donors (Lipinski definition) is 2. The van der Waals surface area contributed by atoms with Crippen LogP contribution in [0.4, 0.5) is 0 Å². The number of ether oxygens (including phenoxy) is 1. The number of rotatable bonds is 4. The summed E-state index contributed by atoms with van der Waals surface area (Å²) in [5.74, 6) is 5.33. The third kappa shape index (κ3) is 3.07. The molecular weight excluding hydrogens is 260 g/mol. The van der Waals surface area contributed by atoms with Crippen molar-refractivity contribution < 1.29 is 9.53 Å². The molecule has 3 N–H and O–H groups in total. The van der Waals surface area contributed by atoms with Gasteiger partial charge in [0.05, 0.1) is 4.47 Å². The lowest BCUT2D eigenvalue weighted by molar-refractivity contribution is 0.0953. The van der Waals surface area contributed by atoms with E-state index < -0.39 is 0 Å². The first-order chi connectivity index (χ1) is 7.19. The van der Waals surface area contributed by atoms with Crippen LogP contribution in [0.25, 0.3) is 0 Å². The van der Waals surface area contributed by atoms with Gasteiger partial charge in [-0.05, 0) is 34.1 Å². The lowest BCUT2D eigenvalue weighted by atomic mass is 10.2. The molecule has 0 heterocycles. The lowest BCUT2D eigenvalue weighted by Gasteiger charge is -2.07. The van der Waals surface area contributed by atoms with Crippen LogP contribution in [-0.4, -0.2) is 12.5 Å². The Labute approximate surface area is 96.2 Å². The van der Waals surface area contributed by atoms with Gasteiger partial charge in [-0.15, -0.1) is 0 Å². The van der Waals surface area contributed by atoms with E-state index in [1.54, 1.807) is 24.3 Å². The summed E-state index contributed by atoms with van der Waals surface area (Å²) in [6.45, 7) is 3.96. The molecule has 0 aliphatic rings. The second-order valence-electron chi connectivity index (χ2n) is 2.72. The van der Waals surface area contributed by atoms with Crippen molar-refractivity contribution in [2.24, 2.45) is 5.84 Å². The van der Waals surface area contributed by atoms with Gasteiger partial charge in [0, 0.05) is 5.56 Å². The Morgan fingerprint density at radius 3 is 2.93 bits per heavy atom. The van der Waals surface area contributed by atoms with Crippen LogP contribution >= 0.6 is 15.9 Å². The fourth-order valence-electron chi connectivity index (χ4n) is 0.991. The summed E-state index contributed by atoms with van der Waals surface area (Å²) in [4.78, 5) is 11.2. The Morgan fingerprint density at radius 2 is 2.40 bits per heavy atom. The van der Waals surface area contributed by atoms with Gasteiger partial charge in [-0.2, -0.15) is 0 Å². The molecule has 15 heavy (non-hydrogen) atoms. The molecule has 0 atom stereocenters. The number of hydrogen-bond acceptors (Lipinski definition) is 3. The average Bonchev–Trinajstić information content (AvgIpc) is 2.26. The summed E-state index contributed by atoms with van der Waals surface area (Å²) in [5, 5.41) is 0. The zero-order valence-corrected chi connectivity index (χ0v) is 9.58. The summed E-state index contributed by atoms with van der Waals surface area (Å²) in [5.41, 5.74) is 2.52. The molecule has 0 aliphatic heterocycles. The minimum Gasteiger partial charge on any atom is -0.488 e. The van der Waals surface area contributed by atoms with Gasteiger partial charge < -0.3 is 4.74 Å². The van der Waals surface area contributed by atoms with Crippen LogP contribution in [-0.2, 0) is 0 Å².